The summed E-state index contributed by atoms with van der Waals surface area (Å²) < 4.78 is 12.5. The lowest BCUT2D eigenvalue weighted by atomic mass is 10.2. The zero-order valence-electron chi connectivity index (χ0n) is 11.4. The minimum atomic E-state index is 0.378. The van der Waals surface area contributed by atoms with Crippen molar-refractivity contribution in [3.63, 3.8) is 0 Å². The summed E-state index contributed by atoms with van der Waals surface area (Å²) in [5, 5.41) is 9.36. The number of ether oxygens (including phenoxy) is 2. The maximum atomic E-state index is 8.98. The van der Waals surface area contributed by atoms with Crippen LogP contribution in [-0.4, -0.2) is 6.61 Å². The minimum Gasteiger partial charge on any atom is -0.490 e. The highest BCUT2D eigenvalue weighted by Gasteiger charge is 2.13. The fourth-order valence-electron chi connectivity index (χ4n) is 1.80. The second-order valence-corrected chi connectivity index (χ2v) is 5.78. The zero-order chi connectivity index (χ0) is 15.2. The van der Waals surface area contributed by atoms with E-state index < -0.39 is 0 Å². The van der Waals surface area contributed by atoms with Crippen LogP contribution in [0, 0.1) is 14.9 Å². The van der Waals surface area contributed by atoms with E-state index >= 15 is 0 Å². The van der Waals surface area contributed by atoms with Gasteiger partial charge in [-0.3, -0.25) is 0 Å². The number of nitrogens with zero attached hydrogens (tertiary/aromatic N) is 1. The SMILES string of the molecule is CCOc1cc(C#N)cc(Cl)c1OCc1ccccc1I. The van der Waals surface area contributed by atoms with Crippen molar-refractivity contribution in [3.8, 4) is 17.6 Å². The van der Waals surface area contributed by atoms with Gasteiger partial charge in [-0.25, -0.2) is 0 Å². The van der Waals surface area contributed by atoms with Gasteiger partial charge in [0.15, 0.2) is 11.5 Å². The van der Waals surface area contributed by atoms with E-state index in [1.54, 1.807) is 12.1 Å². The predicted molar refractivity (Wildman–Crippen MR) is 90.8 cm³/mol. The molecule has 0 amide bonds. The molecule has 0 bridgehead atoms. The van der Waals surface area contributed by atoms with Gasteiger partial charge < -0.3 is 9.47 Å². The maximum absolute atomic E-state index is 8.98. The molecule has 2 aromatic carbocycles. The minimum absolute atomic E-state index is 0.378. The smallest absolute Gasteiger partial charge is 0.180 e. The van der Waals surface area contributed by atoms with Crippen LogP contribution in [0.3, 0.4) is 0 Å². The molecular weight excluding hydrogens is 401 g/mol. The standard InChI is InChI=1S/C16H13ClINO2/c1-2-20-15-8-11(9-19)7-13(17)16(15)21-10-12-5-3-4-6-14(12)18/h3-8H,2,10H2,1H3. The van der Waals surface area contributed by atoms with Crippen LogP contribution < -0.4 is 9.47 Å². The average molecular weight is 414 g/mol. The van der Waals surface area contributed by atoms with Gasteiger partial charge in [-0.2, -0.15) is 5.26 Å². The normalized spacial score (nSPS) is 10.0. The van der Waals surface area contributed by atoms with E-state index in [1.807, 2.05) is 31.2 Å². The van der Waals surface area contributed by atoms with Gasteiger partial charge in [0.2, 0.25) is 0 Å². The quantitative estimate of drug-likeness (QED) is 0.662. The molecule has 0 aliphatic heterocycles. The number of hydrogen-bond acceptors (Lipinski definition) is 3. The first-order valence-corrected chi connectivity index (χ1v) is 7.84. The first kappa shape index (κ1) is 15.9. The number of rotatable bonds is 5. The first-order valence-electron chi connectivity index (χ1n) is 6.38. The van der Waals surface area contributed by atoms with Crippen molar-refractivity contribution in [1.82, 2.24) is 0 Å². The van der Waals surface area contributed by atoms with Gasteiger partial charge >= 0.3 is 0 Å². The molecule has 0 radical (unpaired) electrons. The summed E-state index contributed by atoms with van der Waals surface area (Å²) in [5.74, 6) is 0.963. The summed E-state index contributed by atoms with van der Waals surface area (Å²) in [5.41, 5.74) is 1.52. The molecule has 2 rings (SSSR count). The van der Waals surface area contributed by atoms with E-state index in [-0.39, 0.29) is 0 Å². The Morgan fingerprint density at radius 2 is 2.00 bits per heavy atom. The molecule has 0 aromatic heterocycles. The van der Waals surface area contributed by atoms with Crippen LogP contribution in [0.15, 0.2) is 36.4 Å². The molecule has 108 valence electrons. The van der Waals surface area contributed by atoms with Crippen LogP contribution in [0.4, 0.5) is 0 Å². The third-order valence-electron chi connectivity index (χ3n) is 2.77. The highest BCUT2D eigenvalue weighted by atomic mass is 127. The van der Waals surface area contributed by atoms with Crippen molar-refractivity contribution in [1.29, 1.82) is 5.26 Å². The van der Waals surface area contributed by atoms with Crippen molar-refractivity contribution < 1.29 is 9.47 Å². The summed E-state index contributed by atoms with van der Waals surface area (Å²) in [6.45, 7) is 2.74. The van der Waals surface area contributed by atoms with E-state index in [0.717, 1.165) is 9.13 Å². The summed E-state index contributed by atoms with van der Waals surface area (Å²) >= 11 is 8.46. The molecule has 2 aromatic rings. The molecule has 0 spiro atoms. The Labute approximate surface area is 142 Å². The van der Waals surface area contributed by atoms with E-state index in [2.05, 4.69) is 28.7 Å². The summed E-state index contributed by atoms with van der Waals surface area (Å²) in [6.07, 6.45) is 0. The predicted octanol–water partition coefficient (Wildman–Crippen LogP) is 4.79. The van der Waals surface area contributed by atoms with E-state index in [1.165, 1.54) is 0 Å². The molecule has 0 saturated heterocycles. The van der Waals surface area contributed by atoms with Gasteiger partial charge in [-0.1, -0.05) is 29.8 Å². The monoisotopic (exact) mass is 413 g/mol. The fourth-order valence-corrected chi connectivity index (χ4v) is 2.61. The van der Waals surface area contributed by atoms with Gasteiger partial charge in [0.05, 0.1) is 23.3 Å². The van der Waals surface area contributed by atoms with Crippen molar-refractivity contribution in [2.45, 2.75) is 13.5 Å². The van der Waals surface area contributed by atoms with Crippen LogP contribution in [0.25, 0.3) is 0 Å². The first-order chi connectivity index (χ1) is 10.2. The molecule has 0 heterocycles. The Balaban J connectivity index is 2.27. The van der Waals surface area contributed by atoms with Crippen molar-refractivity contribution in [2.24, 2.45) is 0 Å². The maximum Gasteiger partial charge on any atom is 0.180 e. The second-order valence-electron chi connectivity index (χ2n) is 4.21. The van der Waals surface area contributed by atoms with Gasteiger partial charge in [-0.05, 0) is 41.6 Å². The second kappa shape index (κ2) is 7.53. The van der Waals surface area contributed by atoms with Crippen LogP contribution in [0.2, 0.25) is 5.02 Å². The highest BCUT2D eigenvalue weighted by Crippen LogP contribution is 2.37. The Bertz CT molecular complexity index is 682. The lowest BCUT2D eigenvalue weighted by molar-refractivity contribution is 0.269. The molecule has 0 aliphatic carbocycles. The Hall–Kier alpha value is -1.45. The summed E-state index contributed by atoms with van der Waals surface area (Å²) in [7, 11) is 0. The lowest BCUT2D eigenvalue weighted by Crippen LogP contribution is -2.02. The molecule has 0 N–H and O–H groups in total. The van der Waals surface area contributed by atoms with Crippen molar-refractivity contribution >= 4 is 34.2 Å². The average Bonchev–Trinajstić information content (AvgIpc) is 2.48. The van der Waals surface area contributed by atoms with Gasteiger partial charge in [-0.15, -0.1) is 0 Å². The van der Waals surface area contributed by atoms with Crippen LogP contribution in [0.5, 0.6) is 11.5 Å². The number of benzene rings is 2. The molecular formula is C16H13ClINO2. The topological polar surface area (TPSA) is 42.2 Å². The van der Waals surface area contributed by atoms with E-state index in [9.17, 15) is 0 Å². The molecule has 3 nitrogen and oxygen atoms in total. The fraction of sp³-hybridized carbons (Fsp3) is 0.188. The largest absolute Gasteiger partial charge is 0.490 e. The Kier molecular flexibility index (Phi) is 5.71. The highest BCUT2D eigenvalue weighted by molar-refractivity contribution is 14.1. The molecule has 21 heavy (non-hydrogen) atoms. The molecule has 0 fully saturated rings. The molecule has 0 atom stereocenters. The van der Waals surface area contributed by atoms with Crippen LogP contribution >= 0.6 is 34.2 Å². The van der Waals surface area contributed by atoms with Gasteiger partial charge in [0.25, 0.3) is 0 Å². The molecule has 0 saturated carbocycles. The van der Waals surface area contributed by atoms with Crippen LogP contribution in [-0.2, 0) is 6.61 Å². The summed E-state index contributed by atoms with van der Waals surface area (Å²) in [4.78, 5) is 0. The number of hydrogen-bond donors (Lipinski definition) is 0. The summed E-state index contributed by atoms with van der Waals surface area (Å²) in [6, 6.07) is 13.2. The van der Waals surface area contributed by atoms with Gasteiger partial charge in [0.1, 0.15) is 6.61 Å². The molecule has 0 unspecified atom stereocenters. The van der Waals surface area contributed by atoms with Crippen LogP contribution in [0.1, 0.15) is 18.1 Å². The molecule has 5 heteroatoms. The van der Waals surface area contributed by atoms with Crippen molar-refractivity contribution in [3.05, 3.63) is 56.1 Å². The Morgan fingerprint density at radius 3 is 2.67 bits per heavy atom. The van der Waals surface area contributed by atoms with E-state index in [4.69, 9.17) is 26.3 Å². The zero-order valence-corrected chi connectivity index (χ0v) is 14.3. The van der Waals surface area contributed by atoms with Crippen molar-refractivity contribution in [2.75, 3.05) is 6.61 Å². The third kappa shape index (κ3) is 4.02. The van der Waals surface area contributed by atoms with E-state index in [0.29, 0.717) is 35.3 Å². The van der Waals surface area contributed by atoms with Gasteiger partial charge in [0, 0.05) is 15.2 Å². The third-order valence-corrected chi connectivity index (χ3v) is 4.10. The lowest BCUT2D eigenvalue weighted by Gasteiger charge is -2.14. The number of nitriles is 1. The molecule has 0 aliphatic rings. The number of halogens is 2. The Morgan fingerprint density at radius 1 is 1.24 bits per heavy atom.